The zero-order chi connectivity index (χ0) is 10.7. The summed E-state index contributed by atoms with van der Waals surface area (Å²) in [4.78, 5) is 5.76. The Hall–Kier alpha value is -0.120. The third-order valence-corrected chi connectivity index (χ3v) is 2.55. The summed E-state index contributed by atoms with van der Waals surface area (Å²) in [6, 6.07) is 0. The third kappa shape index (κ3) is 4.07. The van der Waals surface area contributed by atoms with Crippen molar-refractivity contribution >= 4 is 0 Å². The molecule has 80 valence electrons. The Morgan fingerprint density at radius 3 is 1.92 bits per heavy atom. The highest BCUT2D eigenvalue weighted by atomic mass is 16.7. The van der Waals surface area contributed by atoms with Crippen LogP contribution in [0.2, 0.25) is 0 Å². The second kappa shape index (κ2) is 4.40. The van der Waals surface area contributed by atoms with E-state index in [-0.39, 0.29) is 11.0 Å². The number of hydroxylamine groups is 1. The highest BCUT2D eigenvalue weighted by molar-refractivity contribution is 4.82. The van der Waals surface area contributed by atoms with Crippen molar-refractivity contribution < 1.29 is 4.84 Å². The number of hydrogen-bond donors (Lipinski definition) is 1. The molecule has 3 nitrogen and oxygen atoms in total. The largest absolute Gasteiger partial charge is 0.278 e. The first-order chi connectivity index (χ1) is 5.70. The standard InChI is InChI=1S/C10H24N2O/c1-8-11-12(7)13-10(5,6)9(2,3)4/h11H,8H2,1-7H3. The fourth-order valence-electron chi connectivity index (χ4n) is 0.734. The second-order valence-corrected chi connectivity index (χ2v) is 4.86. The molecule has 0 aliphatic rings. The molecule has 0 fully saturated rings. The quantitative estimate of drug-likeness (QED) is 0.684. The van der Waals surface area contributed by atoms with Crippen LogP contribution >= 0.6 is 0 Å². The van der Waals surface area contributed by atoms with E-state index in [4.69, 9.17) is 4.84 Å². The van der Waals surface area contributed by atoms with Crippen LogP contribution in [0.15, 0.2) is 0 Å². The molecule has 0 aromatic carbocycles. The molecule has 0 saturated heterocycles. The van der Waals surface area contributed by atoms with Crippen LogP contribution in [0.3, 0.4) is 0 Å². The molecule has 0 atom stereocenters. The first kappa shape index (κ1) is 12.9. The molecule has 3 heteroatoms. The Bertz CT molecular complexity index is 149. The smallest absolute Gasteiger partial charge is 0.0908 e. The third-order valence-electron chi connectivity index (χ3n) is 2.55. The van der Waals surface area contributed by atoms with Gasteiger partial charge in [0.05, 0.1) is 5.60 Å². The minimum Gasteiger partial charge on any atom is -0.278 e. The maximum absolute atomic E-state index is 5.76. The lowest BCUT2D eigenvalue weighted by atomic mass is 9.79. The monoisotopic (exact) mass is 188 g/mol. The van der Waals surface area contributed by atoms with Crippen molar-refractivity contribution in [2.75, 3.05) is 13.6 Å². The maximum Gasteiger partial charge on any atom is 0.0908 e. The molecule has 0 spiro atoms. The van der Waals surface area contributed by atoms with Crippen LogP contribution in [0.1, 0.15) is 41.5 Å². The van der Waals surface area contributed by atoms with Crippen LogP contribution in [0.4, 0.5) is 0 Å². The average molecular weight is 188 g/mol. The first-order valence-electron chi connectivity index (χ1n) is 4.87. The summed E-state index contributed by atoms with van der Waals surface area (Å²) in [5.74, 6) is 0. The molecule has 0 aromatic rings. The molecular formula is C10H24N2O. The van der Waals surface area contributed by atoms with Crippen LogP contribution in [0.25, 0.3) is 0 Å². The summed E-state index contributed by atoms with van der Waals surface area (Å²) < 4.78 is 0. The number of hydrazine groups is 1. The molecule has 0 unspecified atom stereocenters. The fraction of sp³-hybridized carbons (Fsp3) is 1.00. The first-order valence-corrected chi connectivity index (χ1v) is 4.87. The van der Waals surface area contributed by atoms with Gasteiger partial charge < -0.3 is 0 Å². The van der Waals surface area contributed by atoms with E-state index in [1.165, 1.54) is 0 Å². The lowest BCUT2D eigenvalue weighted by Crippen LogP contribution is -2.48. The van der Waals surface area contributed by atoms with Crippen molar-refractivity contribution in [2.45, 2.75) is 47.1 Å². The number of nitrogens with zero attached hydrogens (tertiary/aromatic N) is 1. The molecule has 0 aliphatic heterocycles. The summed E-state index contributed by atoms with van der Waals surface area (Å²) in [5.41, 5.74) is 3.03. The maximum atomic E-state index is 5.76. The van der Waals surface area contributed by atoms with E-state index in [0.717, 1.165) is 6.54 Å². The Balaban J connectivity index is 4.17. The zero-order valence-corrected chi connectivity index (χ0v) is 10.1. The Morgan fingerprint density at radius 2 is 1.62 bits per heavy atom. The van der Waals surface area contributed by atoms with E-state index < -0.39 is 0 Å². The molecule has 1 N–H and O–H groups in total. The molecule has 0 saturated carbocycles. The number of rotatable bonds is 4. The lowest BCUT2D eigenvalue weighted by molar-refractivity contribution is -0.276. The van der Waals surface area contributed by atoms with Gasteiger partial charge in [-0.1, -0.05) is 27.7 Å². The van der Waals surface area contributed by atoms with Crippen LogP contribution < -0.4 is 5.43 Å². The summed E-state index contributed by atoms with van der Waals surface area (Å²) in [6.07, 6.45) is 0. The zero-order valence-electron chi connectivity index (χ0n) is 10.1. The van der Waals surface area contributed by atoms with Crippen LogP contribution in [0, 0.1) is 5.41 Å². The van der Waals surface area contributed by atoms with Crippen LogP contribution in [0.5, 0.6) is 0 Å². The van der Waals surface area contributed by atoms with Gasteiger partial charge in [0.1, 0.15) is 0 Å². The topological polar surface area (TPSA) is 24.5 Å². The van der Waals surface area contributed by atoms with Gasteiger partial charge in [0.2, 0.25) is 0 Å². The van der Waals surface area contributed by atoms with E-state index in [0.29, 0.717) is 0 Å². The van der Waals surface area contributed by atoms with Crippen molar-refractivity contribution in [1.29, 1.82) is 0 Å². The van der Waals surface area contributed by atoms with Crippen molar-refractivity contribution in [1.82, 2.24) is 10.6 Å². The van der Waals surface area contributed by atoms with E-state index in [9.17, 15) is 0 Å². The van der Waals surface area contributed by atoms with E-state index in [1.54, 1.807) is 5.17 Å². The summed E-state index contributed by atoms with van der Waals surface area (Å²) in [6.45, 7) is 13.6. The Labute approximate surface area is 82.4 Å². The van der Waals surface area contributed by atoms with Gasteiger partial charge in [-0.15, -0.1) is 5.17 Å². The second-order valence-electron chi connectivity index (χ2n) is 4.86. The number of hydrogen-bond acceptors (Lipinski definition) is 3. The van der Waals surface area contributed by atoms with Gasteiger partial charge in [-0.25, -0.2) is 5.43 Å². The Kier molecular flexibility index (Phi) is 4.36. The van der Waals surface area contributed by atoms with Gasteiger partial charge in [-0.2, -0.15) is 0 Å². The summed E-state index contributed by atoms with van der Waals surface area (Å²) in [5, 5.41) is 1.69. The fourth-order valence-corrected chi connectivity index (χ4v) is 0.734. The van der Waals surface area contributed by atoms with E-state index in [2.05, 4.69) is 40.0 Å². The molecule has 13 heavy (non-hydrogen) atoms. The predicted molar refractivity (Wildman–Crippen MR) is 56.1 cm³/mol. The molecular weight excluding hydrogens is 164 g/mol. The van der Waals surface area contributed by atoms with Gasteiger partial charge in [0.25, 0.3) is 0 Å². The van der Waals surface area contributed by atoms with Crippen molar-refractivity contribution in [3.05, 3.63) is 0 Å². The van der Waals surface area contributed by atoms with Gasteiger partial charge in [0, 0.05) is 13.6 Å². The van der Waals surface area contributed by atoms with Gasteiger partial charge >= 0.3 is 0 Å². The molecule has 0 rings (SSSR count). The molecule has 0 radical (unpaired) electrons. The molecule has 0 heterocycles. The van der Waals surface area contributed by atoms with Crippen molar-refractivity contribution in [2.24, 2.45) is 5.41 Å². The minimum absolute atomic E-state index is 0.122. The number of nitrogens with one attached hydrogen (secondary N) is 1. The van der Waals surface area contributed by atoms with Gasteiger partial charge in [-0.3, -0.25) is 4.84 Å². The molecule has 0 aromatic heterocycles. The predicted octanol–water partition coefficient (Wildman–Crippen LogP) is 2.20. The minimum atomic E-state index is -0.177. The lowest BCUT2D eigenvalue weighted by Gasteiger charge is -2.40. The van der Waals surface area contributed by atoms with Crippen LogP contribution in [-0.2, 0) is 4.84 Å². The van der Waals surface area contributed by atoms with Crippen molar-refractivity contribution in [3.8, 4) is 0 Å². The normalized spacial score (nSPS) is 13.8. The Morgan fingerprint density at radius 1 is 1.15 bits per heavy atom. The van der Waals surface area contributed by atoms with E-state index >= 15 is 0 Å². The average Bonchev–Trinajstić information content (AvgIpc) is 1.83. The van der Waals surface area contributed by atoms with E-state index in [1.807, 2.05) is 14.0 Å². The molecule has 0 bridgehead atoms. The van der Waals surface area contributed by atoms with Crippen molar-refractivity contribution in [3.63, 3.8) is 0 Å². The highest BCUT2D eigenvalue weighted by Crippen LogP contribution is 2.32. The van der Waals surface area contributed by atoms with Gasteiger partial charge in [0.15, 0.2) is 0 Å². The molecule has 0 amide bonds. The van der Waals surface area contributed by atoms with Gasteiger partial charge in [-0.05, 0) is 19.3 Å². The summed E-state index contributed by atoms with van der Waals surface area (Å²) in [7, 11) is 1.89. The van der Waals surface area contributed by atoms with Crippen LogP contribution in [-0.4, -0.2) is 24.4 Å². The SMILES string of the molecule is CCNN(C)OC(C)(C)C(C)(C)C. The highest BCUT2D eigenvalue weighted by Gasteiger charge is 2.35. The summed E-state index contributed by atoms with van der Waals surface area (Å²) >= 11 is 0. The molecule has 0 aliphatic carbocycles.